The van der Waals surface area contributed by atoms with Gasteiger partial charge >= 0.3 is 0 Å². The first-order chi connectivity index (χ1) is 13.1. The quantitative estimate of drug-likeness (QED) is 0.518. The first kappa shape index (κ1) is 16.7. The molecule has 0 saturated heterocycles. The summed E-state index contributed by atoms with van der Waals surface area (Å²) in [5.41, 5.74) is 9.13. The average molecular weight is 361 g/mol. The zero-order valence-corrected chi connectivity index (χ0v) is 14.2. The van der Waals surface area contributed by atoms with Crippen LogP contribution in [0.25, 0.3) is 22.0 Å². The molecule has 2 heterocycles. The highest BCUT2D eigenvalue weighted by molar-refractivity contribution is 5.94. The lowest BCUT2D eigenvalue weighted by Crippen LogP contribution is -2.15. The number of nitrogens with zero attached hydrogens (tertiary/aromatic N) is 2. The molecule has 0 aliphatic heterocycles. The number of halogens is 1. The number of aromatic amines is 1. The summed E-state index contributed by atoms with van der Waals surface area (Å²) in [6.07, 6.45) is 1.69. The van der Waals surface area contributed by atoms with Crippen LogP contribution in [-0.4, -0.2) is 21.1 Å². The molecule has 4 N–H and O–H groups in total. The summed E-state index contributed by atoms with van der Waals surface area (Å²) >= 11 is 0. The van der Waals surface area contributed by atoms with Gasteiger partial charge in [0.25, 0.3) is 0 Å². The lowest BCUT2D eigenvalue weighted by atomic mass is 10.0. The van der Waals surface area contributed by atoms with E-state index in [1.54, 1.807) is 24.4 Å². The lowest BCUT2D eigenvalue weighted by Gasteiger charge is -2.07. The van der Waals surface area contributed by atoms with Crippen LogP contribution in [0.15, 0.2) is 60.8 Å². The Morgan fingerprint density at radius 3 is 2.81 bits per heavy atom. The van der Waals surface area contributed by atoms with Crippen molar-refractivity contribution in [1.82, 2.24) is 15.2 Å². The van der Waals surface area contributed by atoms with Crippen LogP contribution in [0.2, 0.25) is 0 Å². The fraction of sp³-hybridized carbons (Fsp3) is 0.0500. The fourth-order valence-corrected chi connectivity index (χ4v) is 2.91. The maximum absolute atomic E-state index is 13.2. The van der Waals surface area contributed by atoms with E-state index in [4.69, 9.17) is 5.73 Å². The minimum atomic E-state index is -0.366. The van der Waals surface area contributed by atoms with E-state index in [1.807, 2.05) is 24.3 Å². The number of pyridine rings is 1. The third-order valence-electron chi connectivity index (χ3n) is 4.21. The molecule has 0 aliphatic rings. The Kier molecular flexibility index (Phi) is 4.25. The Balaban J connectivity index is 1.54. The SMILES string of the molecule is Nc1n[nH]c2ccc(-c3ccnc(NC(=O)Cc4cccc(F)c4)c3)cc12. The predicted octanol–water partition coefficient (Wildman–Crippen LogP) is 3.53. The molecule has 1 amide bonds. The first-order valence-electron chi connectivity index (χ1n) is 8.33. The van der Waals surface area contributed by atoms with Crippen molar-refractivity contribution in [2.75, 3.05) is 11.1 Å². The molecule has 7 heteroatoms. The Bertz CT molecular complexity index is 1140. The molecular formula is C20H16FN5O. The molecule has 0 fully saturated rings. The molecule has 0 radical (unpaired) electrons. The molecule has 0 bridgehead atoms. The Hall–Kier alpha value is -3.74. The summed E-state index contributed by atoms with van der Waals surface area (Å²) in [5.74, 6) is 0.229. The normalized spacial score (nSPS) is 10.9. The van der Waals surface area contributed by atoms with Gasteiger partial charge in [0.05, 0.1) is 11.9 Å². The van der Waals surface area contributed by atoms with Crippen LogP contribution in [0, 0.1) is 5.82 Å². The van der Waals surface area contributed by atoms with Crippen LogP contribution < -0.4 is 11.1 Å². The minimum absolute atomic E-state index is 0.0706. The summed E-state index contributed by atoms with van der Waals surface area (Å²) in [4.78, 5) is 16.4. The van der Waals surface area contributed by atoms with Crippen LogP contribution in [0.4, 0.5) is 16.0 Å². The highest BCUT2D eigenvalue weighted by Crippen LogP contribution is 2.27. The second kappa shape index (κ2) is 6.87. The van der Waals surface area contributed by atoms with Crippen LogP contribution in [-0.2, 0) is 11.2 Å². The number of carbonyl (C=O) groups excluding carboxylic acids is 1. The molecule has 4 aromatic rings. The van der Waals surface area contributed by atoms with Gasteiger partial charge in [-0.25, -0.2) is 9.37 Å². The Morgan fingerprint density at radius 2 is 1.96 bits per heavy atom. The van der Waals surface area contributed by atoms with E-state index < -0.39 is 0 Å². The summed E-state index contributed by atoms with van der Waals surface area (Å²) in [7, 11) is 0. The topological polar surface area (TPSA) is 96.7 Å². The van der Waals surface area contributed by atoms with Gasteiger partial charge in [0.2, 0.25) is 5.91 Å². The molecule has 2 aromatic heterocycles. The van der Waals surface area contributed by atoms with Crippen molar-refractivity contribution in [3.05, 3.63) is 72.2 Å². The maximum Gasteiger partial charge on any atom is 0.229 e. The van der Waals surface area contributed by atoms with Crippen molar-refractivity contribution in [1.29, 1.82) is 0 Å². The lowest BCUT2D eigenvalue weighted by molar-refractivity contribution is -0.115. The van der Waals surface area contributed by atoms with Crippen molar-refractivity contribution in [2.24, 2.45) is 0 Å². The monoisotopic (exact) mass is 361 g/mol. The number of carbonyl (C=O) groups is 1. The first-order valence-corrected chi connectivity index (χ1v) is 8.33. The van der Waals surface area contributed by atoms with Crippen molar-refractivity contribution in [2.45, 2.75) is 6.42 Å². The third kappa shape index (κ3) is 3.62. The molecule has 0 atom stereocenters. The van der Waals surface area contributed by atoms with Crippen LogP contribution in [0.3, 0.4) is 0 Å². The molecule has 2 aromatic carbocycles. The van der Waals surface area contributed by atoms with Gasteiger partial charge in [0.1, 0.15) is 11.6 Å². The molecular weight excluding hydrogens is 345 g/mol. The zero-order valence-electron chi connectivity index (χ0n) is 14.2. The number of nitrogen functional groups attached to an aromatic ring is 1. The van der Waals surface area contributed by atoms with Gasteiger partial charge in [-0.15, -0.1) is 0 Å². The second-order valence-corrected chi connectivity index (χ2v) is 6.15. The number of anilines is 2. The van der Waals surface area contributed by atoms with E-state index in [9.17, 15) is 9.18 Å². The van der Waals surface area contributed by atoms with Gasteiger partial charge in [-0.2, -0.15) is 5.10 Å². The predicted molar refractivity (Wildman–Crippen MR) is 102 cm³/mol. The number of amides is 1. The van der Waals surface area contributed by atoms with Crippen molar-refractivity contribution in [3.63, 3.8) is 0 Å². The van der Waals surface area contributed by atoms with Crippen molar-refractivity contribution < 1.29 is 9.18 Å². The molecule has 134 valence electrons. The van der Waals surface area contributed by atoms with Gasteiger partial charge in [-0.3, -0.25) is 9.89 Å². The van der Waals surface area contributed by atoms with E-state index in [2.05, 4.69) is 20.5 Å². The molecule has 0 spiro atoms. The summed E-state index contributed by atoms with van der Waals surface area (Å²) in [5, 5.41) is 10.4. The fourth-order valence-electron chi connectivity index (χ4n) is 2.91. The standard InChI is InChI=1S/C20H16FN5O/c21-15-3-1-2-12(8-15)9-19(27)24-18-11-14(6-7-23-18)13-4-5-17-16(10-13)20(22)26-25-17/h1-8,10-11H,9H2,(H3,22,25,26)(H,23,24,27). The summed E-state index contributed by atoms with van der Waals surface area (Å²) in [6.45, 7) is 0. The van der Waals surface area contributed by atoms with Crippen LogP contribution in [0.5, 0.6) is 0 Å². The van der Waals surface area contributed by atoms with E-state index in [0.717, 1.165) is 22.0 Å². The number of nitrogens with one attached hydrogen (secondary N) is 2. The zero-order chi connectivity index (χ0) is 18.8. The van der Waals surface area contributed by atoms with E-state index >= 15 is 0 Å². The molecule has 27 heavy (non-hydrogen) atoms. The molecule has 0 saturated carbocycles. The number of fused-ring (bicyclic) bond motifs is 1. The number of aromatic nitrogens is 3. The highest BCUT2D eigenvalue weighted by Gasteiger charge is 2.09. The summed E-state index contributed by atoms with van der Waals surface area (Å²) < 4.78 is 13.2. The van der Waals surface area contributed by atoms with E-state index in [-0.39, 0.29) is 18.1 Å². The molecule has 0 unspecified atom stereocenters. The van der Waals surface area contributed by atoms with Crippen LogP contribution in [0.1, 0.15) is 5.56 Å². The van der Waals surface area contributed by atoms with Gasteiger partial charge in [0.15, 0.2) is 5.82 Å². The number of benzene rings is 2. The van der Waals surface area contributed by atoms with Gasteiger partial charge in [-0.05, 0) is 53.1 Å². The number of H-pyrrole nitrogens is 1. The van der Waals surface area contributed by atoms with Crippen LogP contribution >= 0.6 is 0 Å². The summed E-state index contributed by atoms with van der Waals surface area (Å²) in [6, 6.07) is 15.4. The Morgan fingerprint density at radius 1 is 1.11 bits per heavy atom. The maximum atomic E-state index is 13.2. The van der Waals surface area contributed by atoms with Gasteiger partial charge in [0, 0.05) is 11.6 Å². The number of hydrogen-bond donors (Lipinski definition) is 3. The number of nitrogens with two attached hydrogens (primary N) is 1. The highest BCUT2D eigenvalue weighted by atomic mass is 19.1. The molecule has 6 nitrogen and oxygen atoms in total. The van der Waals surface area contributed by atoms with Crippen molar-refractivity contribution in [3.8, 4) is 11.1 Å². The second-order valence-electron chi connectivity index (χ2n) is 6.15. The minimum Gasteiger partial charge on any atom is -0.382 e. The number of rotatable bonds is 4. The molecule has 4 rings (SSSR count). The van der Waals surface area contributed by atoms with Gasteiger partial charge < -0.3 is 11.1 Å². The smallest absolute Gasteiger partial charge is 0.229 e. The van der Waals surface area contributed by atoms with E-state index in [0.29, 0.717) is 17.2 Å². The number of hydrogen-bond acceptors (Lipinski definition) is 4. The third-order valence-corrected chi connectivity index (χ3v) is 4.21. The average Bonchev–Trinajstić information content (AvgIpc) is 3.02. The molecule has 0 aliphatic carbocycles. The van der Waals surface area contributed by atoms with Crippen molar-refractivity contribution >= 4 is 28.4 Å². The Labute approximate surface area is 154 Å². The van der Waals surface area contributed by atoms with Gasteiger partial charge in [-0.1, -0.05) is 18.2 Å². The van der Waals surface area contributed by atoms with E-state index in [1.165, 1.54) is 12.1 Å². The largest absolute Gasteiger partial charge is 0.382 e.